The second kappa shape index (κ2) is 12.9. The molecular formula is C35H30O11. The summed E-state index contributed by atoms with van der Waals surface area (Å²) in [5, 5.41) is 80.9. The average molecular weight is 627 g/mol. The van der Waals surface area contributed by atoms with Gasteiger partial charge in [0.15, 0.2) is 34.5 Å². The SMILES string of the molecule is O=C(C=Cc1cc(O)c(O)cc1C=Cc1cc(O)c(O)c2c1-c1cccc(O)c1CCC2)OC(Cc1ccc(O)c(O)c1)C(=O)O. The summed E-state index contributed by atoms with van der Waals surface area (Å²) in [6, 6.07) is 12.6. The molecule has 5 rings (SSSR count). The van der Waals surface area contributed by atoms with Crippen molar-refractivity contribution in [1.29, 1.82) is 0 Å². The largest absolute Gasteiger partial charge is 0.508 e. The van der Waals surface area contributed by atoms with Crippen molar-refractivity contribution >= 4 is 30.2 Å². The number of fused-ring (bicyclic) bond motifs is 3. The topological polar surface area (TPSA) is 205 Å². The number of carbonyl (C=O) groups excluding carboxylic acids is 1. The predicted molar refractivity (Wildman–Crippen MR) is 168 cm³/mol. The minimum absolute atomic E-state index is 0.113. The number of phenolic OH excluding ortho intramolecular Hbond substituents is 7. The van der Waals surface area contributed by atoms with Crippen LogP contribution in [-0.4, -0.2) is 58.9 Å². The molecule has 1 aliphatic rings. The molecule has 4 aromatic rings. The molecule has 0 fully saturated rings. The molecule has 1 unspecified atom stereocenters. The van der Waals surface area contributed by atoms with Crippen LogP contribution in [-0.2, 0) is 33.6 Å². The Morgan fingerprint density at radius 3 is 2.02 bits per heavy atom. The van der Waals surface area contributed by atoms with Gasteiger partial charge in [-0.05, 0) is 95.1 Å². The summed E-state index contributed by atoms with van der Waals surface area (Å²) in [4.78, 5) is 24.4. The summed E-state index contributed by atoms with van der Waals surface area (Å²) in [7, 11) is 0. The molecule has 11 heteroatoms. The van der Waals surface area contributed by atoms with Gasteiger partial charge < -0.3 is 45.6 Å². The smallest absolute Gasteiger partial charge is 0.345 e. The number of phenols is 7. The van der Waals surface area contributed by atoms with Crippen molar-refractivity contribution in [3.8, 4) is 51.4 Å². The van der Waals surface area contributed by atoms with Crippen LogP contribution in [0.15, 0.2) is 60.7 Å². The number of carboxylic acids is 1. The number of ether oxygens (including phenoxy) is 1. The van der Waals surface area contributed by atoms with E-state index in [1.165, 1.54) is 36.4 Å². The Hall–Kier alpha value is -6.10. The number of benzene rings is 4. The van der Waals surface area contributed by atoms with Gasteiger partial charge in [0.05, 0.1) is 0 Å². The highest BCUT2D eigenvalue weighted by Gasteiger charge is 2.25. The molecule has 236 valence electrons. The molecule has 0 amide bonds. The van der Waals surface area contributed by atoms with Crippen LogP contribution >= 0.6 is 0 Å². The molecule has 0 radical (unpaired) electrons. The maximum absolute atomic E-state index is 12.6. The zero-order chi connectivity index (χ0) is 33.1. The number of carbonyl (C=O) groups is 2. The van der Waals surface area contributed by atoms with Crippen LogP contribution < -0.4 is 0 Å². The van der Waals surface area contributed by atoms with Gasteiger partial charge in [0, 0.05) is 23.6 Å². The Labute approximate surface area is 262 Å². The summed E-state index contributed by atoms with van der Waals surface area (Å²) >= 11 is 0. The number of rotatable bonds is 8. The molecule has 0 spiro atoms. The van der Waals surface area contributed by atoms with Gasteiger partial charge in [0.25, 0.3) is 0 Å². The van der Waals surface area contributed by atoms with E-state index in [0.29, 0.717) is 58.2 Å². The zero-order valence-electron chi connectivity index (χ0n) is 24.2. The van der Waals surface area contributed by atoms with Crippen molar-refractivity contribution < 1.29 is 55.2 Å². The van der Waals surface area contributed by atoms with Gasteiger partial charge in [0.2, 0.25) is 6.10 Å². The fourth-order valence-electron chi connectivity index (χ4n) is 5.45. The highest BCUT2D eigenvalue weighted by molar-refractivity contribution is 5.92. The molecule has 1 aliphatic carbocycles. The van der Waals surface area contributed by atoms with Crippen LogP contribution in [0.4, 0.5) is 0 Å². The monoisotopic (exact) mass is 626 g/mol. The first-order chi connectivity index (χ1) is 21.9. The summed E-state index contributed by atoms with van der Waals surface area (Å²) in [6.45, 7) is 0. The third kappa shape index (κ3) is 6.53. The summed E-state index contributed by atoms with van der Waals surface area (Å²) in [6.07, 6.45) is 5.08. The van der Waals surface area contributed by atoms with Crippen LogP contribution in [0.1, 0.15) is 39.8 Å². The molecule has 0 bridgehead atoms. The third-order valence-electron chi connectivity index (χ3n) is 7.70. The Balaban J connectivity index is 1.46. The van der Waals surface area contributed by atoms with Crippen LogP contribution in [0.25, 0.3) is 29.4 Å². The first kappa shape index (κ1) is 31.3. The summed E-state index contributed by atoms with van der Waals surface area (Å²) in [5.74, 6) is -4.73. The number of carboxylic acid groups (broad SMARTS) is 1. The van der Waals surface area contributed by atoms with Crippen LogP contribution in [0, 0.1) is 0 Å². The zero-order valence-corrected chi connectivity index (χ0v) is 24.2. The van der Waals surface area contributed by atoms with Gasteiger partial charge in [-0.3, -0.25) is 0 Å². The van der Waals surface area contributed by atoms with Gasteiger partial charge in [-0.25, -0.2) is 9.59 Å². The molecule has 0 saturated carbocycles. The van der Waals surface area contributed by atoms with E-state index in [9.17, 15) is 50.4 Å². The summed E-state index contributed by atoms with van der Waals surface area (Å²) in [5.41, 5.74) is 3.86. The van der Waals surface area contributed by atoms with Gasteiger partial charge in [0.1, 0.15) is 5.75 Å². The lowest BCUT2D eigenvalue weighted by molar-refractivity contribution is -0.160. The van der Waals surface area contributed by atoms with Gasteiger partial charge in [-0.2, -0.15) is 0 Å². The number of hydrogen-bond acceptors (Lipinski definition) is 10. The van der Waals surface area contributed by atoms with Crippen molar-refractivity contribution in [1.82, 2.24) is 0 Å². The lowest BCUT2D eigenvalue weighted by Crippen LogP contribution is -2.28. The first-order valence-electron chi connectivity index (χ1n) is 14.2. The van der Waals surface area contributed by atoms with E-state index >= 15 is 0 Å². The summed E-state index contributed by atoms with van der Waals surface area (Å²) < 4.78 is 5.10. The van der Waals surface area contributed by atoms with E-state index in [4.69, 9.17) is 4.74 Å². The Kier molecular flexibility index (Phi) is 8.76. The quantitative estimate of drug-likeness (QED) is 0.0552. The Morgan fingerprint density at radius 1 is 0.696 bits per heavy atom. The van der Waals surface area contributed by atoms with Crippen molar-refractivity contribution in [3.63, 3.8) is 0 Å². The van der Waals surface area contributed by atoms with Gasteiger partial charge in [-0.15, -0.1) is 0 Å². The number of esters is 1. The van der Waals surface area contributed by atoms with E-state index in [-0.39, 0.29) is 35.0 Å². The van der Waals surface area contributed by atoms with Crippen LogP contribution in [0.3, 0.4) is 0 Å². The number of hydrogen-bond donors (Lipinski definition) is 8. The molecule has 46 heavy (non-hydrogen) atoms. The van der Waals surface area contributed by atoms with Gasteiger partial charge in [-0.1, -0.05) is 30.4 Å². The third-order valence-corrected chi connectivity index (χ3v) is 7.70. The lowest BCUT2D eigenvalue weighted by Gasteiger charge is -2.16. The van der Waals surface area contributed by atoms with Crippen LogP contribution in [0.2, 0.25) is 0 Å². The molecule has 11 nitrogen and oxygen atoms in total. The van der Waals surface area contributed by atoms with Gasteiger partial charge >= 0.3 is 11.9 Å². The standard InChI is InChI=1S/C35H30O11/c36-25-6-2-4-23-22(25)3-1-5-24-33(23)21(17-30(41)34(24)43)9-8-19-15-28(39)29(40)16-20(19)10-12-32(42)46-31(35(44)45)14-18-7-11-26(37)27(38)13-18/h2,4,6-13,15-17,31,36-41,43H,1,3,5,14H2,(H,44,45). The van der Waals surface area contributed by atoms with Crippen molar-refractivity contribution in [2.75, 3.05) is 0 Å². The average Bonchev–Trinajstić information content (AvgIpc) is 3.21. The Morgan fingerprint density at radius 2 is 1.33 bits per heavy atom. The molecule has 4 aromatic carbocycles. The molecule has 8 N–H and O–H groups in total. The fraction of sp³-hybridized carbons (Fsp3) is 0.143. The first-order valence-corrected chi connectivity index (χ1v) is 14.2. The molecule has 1 atom stereocenters. The van der Waals surface area contributed by atoms with E-state index in [1.54, 1.807) is 24.3 Å². The predicted octanol–water partition coefficient (Wildman–Crippen LogP) is 5.20. The number of aromatic hydroxyl groups is 7. The van der Waals surface area contributed by atoms with E-state index in [0.717, 1.165) is 12.1 Å². The van der Waals surface area contributed by atoms with E-state index in [2.05, 4.69) is 0 Å². The van der Waals surface area contributed by atoms with Crippen molar-refractivity contribution in [2.24, 2.45) is 0 Å². The second-order valence-corrected chi connectivity index (χ2v) is 10.8. The fourth-order valence-corrected chi connectivity index (χ4v) is 5.45. The van der Waals surface area contributed by atoms with E-state index in [1.807, 2.05) is 6.07 Å². The lowest BCUT2D eigenvalue weighted by atomic mass is 9.90. The normalized spacial score (nSPS) is 13.2. The van der Waals surface area contributed by atoms with Crippen molar-refractivity contribution in [3.05, 3.63) is 94.1 Å². The van der Waals surface area contributed by atoms with E-state index < -0.39 is 35.3 Å². The maximum Gasteiger partial charge on any atom is 0.345 e. The molecule has 0 aliphatic heterocycles. The molecule has 0 saturated heterocycles. The minimum atomic E-state index is -1.62. The van der Waals surface area contributed by atoms with Crippen LogP contribution in [0.5, 0.6) is 40.2 Å². The number of aliphatic carboxylic acids is 1. The highest BCUT2D eigenvalue weighted by Crippen LogP contribution is 2.46. The highest BCUT2D eigenvalue weighted by atomic mass is 16.6. The van der Waals surface area contributed by atoms with Crippen molar-refractivity contribution in [2.45, 2.75) is 31.8 Å². The minimum Gasteiger partial charge on any atom is -0.508 e. The maximum atomic E-state index is 12.6. The molecule has 0 aromatic heterocycles. The molecule has 0 heterocycles. The second-order valence-electron chi connectivity index (χ2n) is 10.8. The molecular weight excluding hydrogens is 596 g/mol. The Bertz CT molecular complexity index is 1910.